The highest BCUT2D eigenvalue weighted by atomic mass is 79.9. The van der Waals surface area contributed by atoms with Crippen LogP contribution in [0, 0.1) is 11.7 Å². The lowest BCUT2D eigenvalue weighted by Crippen LogP contribution is -2.12. The third-order valence-corrected chi connectivity index (χ3v) is 4.07. The van der Waals surface area contributed by atoms with Gasteiger partial charge in [0.25, 0.3) is 0 Å². The van der Waals surface area contributed by atoms with Gasteiger partial charge in [-0.1, -0.05) is 25.7 Å². The van der Waals surface area contributed by atoms with Crippen molar-refractivity contribution < 1.29 is 9.18 Å². The van der Waals surface area contributed by atoms with Crippen LogP contribution in [-0.4, -0.2) is 5.91 Å². The van der Waals surface area contributed by atoms with Gasteiger partial charge in [-0.3, -0.25) is 4.79 Å². The van der Waals surface area contributed by atoms with Gasteiger partial charge in [0.2, 0.25) is 5.91 Å². The first kappa shape index (κ1) is 13.5. The molecule has 0 spiro atoms. The van der Waals surface area contributed by atoms with Crippen LogP contribution >= 0.6 is 15.9 Å². The van der Waals surface area contributed by atoms with E-state index in [1.165, 1.54) is 31.7 Å². The van der Waals surface area contributed by atoms with E-state index in [0.29, 0.717) is 16.6 Å². The quantitative estimate of drug-likeness (QED) is 0.871. The molecule has 1 N–H and O–H groups in total. The van der Waals surface area contributed by atoms with Crippen molar-refractivity contribution in [2.24, 2.45) is 5.92 Å². The molecule has 0 saturated heterocycles. The minimum atomic E-state index is -0.320. The first-order valence-electron chi connectivity index (χ1n) is 6.40. The molecule has 0 aliphatic heterocycles. The Balaban J connectivity index is 1.80. The van der Waals surface area contributed by atoms with Gasteiger partial charge in [-0.15, -0.1) is 0 Å². The average Bonchev–Trinajstić information content (AvgIpc) is 2.84. The molecule has 1 aliphatic carbocycles. The lowest BCUT2D eigenvalue weighted by atomic mass is 10.0. The smallest absolute Gasteiger partial charge is 0.224 e. The van der Waals surface area contributed by atoms with Crippen LogP contribution in [0.5, 0.6) is 0 Å². The summed E-state index contributed by atoms with van der Waals surface area (Å²) in [6.45, 7) is 0. The number of nitrogens with one attached hydrogen (secondary N) is 1. The predicted molar refractivity (Wildman–Crippen MR) is 73.9 cm³/mol. The fourth-order valence-electron chi connectivity index (χ4n) is 2.43. The fraction of sp³-hybridized carbons (Fsp3) is 0.500. The van der Waals surface area contributed by atoms with Crippen LogP contribution in [0.1, 0.15) is 38.5 Å². The number of halogens is 2. The molecular formula is C14H17BrFNO. The predicted octanol–water partition coefficient (Wildman–Crippen LogP) is 4.50. The van der Waals surface area contributed by atoms with E-state index in [1.807, 2.05) is 0 Å². The zero-order valence-electron chi connectivity index (χ0n) is 10.2. The Morgan fingerprint density at radius 1 is 1.39 bits per heavy atom. The molecule has 2 rings (SSSR count). The van der Waals surface area contributed by atoms with E-state index in [2.05, 4.69) is 21.2 Å². The number of benzene rings is 1. The summed E-state index contributed by atoms with van der Waals surface area (Å²) in [6.07, 6.45) is 6.65. The molecule has 1 aromatic rings. The van der Waals surface area contributed by atoms with Gasteiger partial charge in [0.05, 0.1) is 4.47 Å². The molecule has 18 heavy (non-hydrogen) atoms. The molecule has 0 aromatic heterocycles. The van der Waals surface area contributed by atoms with E-state index in [-0.39, 0.29) is 11.7 Å². The number of carbonyl (C=O) groups excluding carboxylic acids is 1. The van der Waals surface area contributed by atoms with Crippen LogP contribution in [0.3, 0.4) is 0 Å². The highest BCUT2D eigenvalue weighted by Crippen LogP contribution is 2.28. The first-order valence-corrected chi connectivity index (χ1v) is 7.19. The number of anilines is 1. The lowest BCUT2D eigenvalue weighted by Gasteiger charge is -2.09. The molecule has 1 aromatic carbocycles. The highest BCUT2D eigenvalue weighted by Gasteiger charge is 2.16. The molecule has 2 nitrogen and oxygen atoms in total. The van der Waals surface area contributed by atoms with Crippen molar-refractivity contribution in [3.8, 4) is 0 Å². The third kappa shape index (κ3) is 3.80. The Bertz CT molecular complexity index is 430. The van der Waals surface area contributed by atoms with Gasteiger partial charge in [0.15, 0.2) is 0 Å². The van der Waals surface area contributed by atoms with Gasteiger partial charge in [0, 0.05) is 12.1 Å². The summed E-state index contributed by atoms with van der Waals surface area (Å²) in [5.74, 6) is 0.412. The van der Waals surface area contributed by atoms with E-state index in [1.54, 1.807) is 12.1 Å². The Kier molecular flexibility index (Phi) is 4.75. The van der Waals surface area contributed by atoms with E-state index >= 15 is 0 Å². The molecule has 0 heterocycles. The van der Waals surface area contributed by atoms with E-state index in [0.717, 1.165) is 12.3 Å². The molecule has 0 atom stereocenters. The molecule has 0 bridgehead atoms. The SMILES string of the molecule is O=C(CCC1CCCC1)Nc1ccc(F)c(Br)c1. The van der Waals surface area contributed by atoms with Crippen LogP contribution in [0.4, 0.5) is 10.1 Å². The lowest BCUT2D eigenvalue weighted by molar-refractivity contribution is -0.116. The van der Waals surface area contributed by atoms with Gasteiger partial charge in [0.1, 0.15) is 5.82 Å². The highest BCUT2D eigenvalue weighted by molar-refractivity contribution is 9.10. The van der Waals surface area contributed by atoms with Crippen LogP contribution < -0.4 is 5.32 Å². The van der Waals surface area contributed by atoms with Gasteiger partial charge >= 0.3 is 0 Å². The van der Waals surface area contributed by atoms with Gasteiger partial charge in [-0.2, -0.15) is 0 Å². The fourth-order valence-corrected chi connectivity index (χ4v) is 2.81. The summed E-state index contributed by atoms with van der Waals surface area (Å²) < 4.78 is 13.4. The van der Waals surface area contributed by atoms with E-state index in [9.17, 15) is 9.18 Å². The monoisotopic (exact) mass is 313 g/mol. The van der Waals surface area contributed by atoms with Crippen LogP contribution in [-0.2, 0) is 4.79 Å². The summed E-state index contributed by atoms with van der Waals surface area (Å²) in [5.41, 5.74) is 0.639. The molecule has 1 amide bonds. The molecule has 0 unspecified atom stereocenters. The van der Waals surface area contributed by atoms with Crippen molar-refractivity contribution in [2.75, 3.05) is 5.32 Å². The molecule has 1 fully saturated rings. The maximum atomic E-state index is 13.0. The minimum absolute atomic E-state index is 0.0143. The molecule has 1 aliphatic rings. The average molecular weight is 314 g/mol. The number of hydrogen-bond donors (Lipinski definition) is 1. The number of amides is 1. The third-order valence-electron chi connectivity index (χ3n) is 3.46. The van der Waals surface area contributed by atoms with Gasteiger partial charge in [-0.05, 0) is 46.5 Å². The maximum absolute atomic E-state index is 13.0. The van der Waals surface area contributed by atoms with Crippen LogP contribution in [0.25, 0.3) is 0 Å². The number of hydrogen-bond acceptors (Lipinski definition) is 1. The first-order chi connectivity index (χ1) is 8.65. The molecular weight excluding hydrogens is 297 g/mol. The number of rotatable bonds is 4. The summed E-state index contributed by atoms with van der Waals surface area (Å²) in [4.78, 5) is 11.7. The van der Waals surface area contributed by atoms with Gasteiger partial charge in [-0.25, -0.2) is 4.39 Å². The molecule has 4 heteroatoms. The minimum Gasteiger partial charge on any atom is -0.326 e. The Morgan fingerprint density at radius 3 is 2.78 bits per heavy atom. The topological polar surface area (TPSA) is 29.1 Å². The van der Waals surface area contributed by atoms with Crippen LogP contribution in [0.15, 0.2) is 22.7 Å². The van der Waals surface area contributed by atoms with E-state index < -0.39 is 0 Å². The Labute approximate surface area is 115 Å². The summed E-state index contributed by atoms with van der Waals surface area (Å²) in [6, 6.07) is 4.51. The van der Waals surface area contributed by atoms with Crippen molar-refractivity contribution in [2.45, 2.75) is 38.5 Å². The summed E-state index contributed by atoms with van der Waals surface area (Å²) in [5, 5.41) is 2.80. The molecule has 0 radical (unpaired) electrons. The second-order valence-electron chi connectivity index (χ2n) is 4.87. The zero-order chi connectivity index (χ0) is 13.0. The number of carbonyl (C=O) groups is 1. The van der Waals surface area contributed by atoms with Crippen LogP contribution in [0.2, 0.25) is 0 Å². The second kappa shape index (κ2) is 6.32. The molecule has 1 saturated carbocycles. The van der Waals surface area contributed by atoms with Crippen molar-refractivity contribution in [3.63, 3.8) is 0 Å². The Hall–Kier alpha value is -0.900. The standard InChI is InChI=1S/C14H17BrFNO/c15-12-9-11(6-7-13(12)16)17-14(18)8-5-10-3-1-2-4-10/h6-7,9-10H,1-5,8H2,(H,17,18). The maximum Gasteiger partial charge on any atom is 0.224 e. The summed E-state index contributed by atoms with van der Waals surface area (Å²) >= 11 is 3.10. The largest absolute Gasteiger partial charge is 0.326 e. The Morgan fingerprint density at radius 2 is 2.11 bits per heavy atom. The zero-order valence-corrected chi connectivity index (χ0v) is 11.8. The van der Waals surface area contributed by atoms with Crippen molar-refractivity contribution in [3.05, 3.63) is 28.5 Å². The normalized spacial score (nSPS) is 15.9. The van der Waals surface area contributed by atoms with Crippen molar-refractivity contribution >= 4 is 27.5 Å². The van der Waals surface area contributed by atoms with Gasteiger partial charge < -0.3 is 5.32 Å². The molecule has 98 valence electrons. The van der Waals surface area contributed by atoms with Crippen molar-refractivity contribution in [1.29, 1.82) is 0 Å². The van der Waals surface area contributed by atoms with Crippen molar-refractivity contribution in [1.82, 2.24) is 0 Å². The van der Waals surface area contributed by atoms with E-state index in [4.69, 9.17) is 0 Å². The summed E-state index contributed by atoms with van der Waals surface area (Å²) in [7, 11) is 0. The second-order valence-corrected chi connectivity index (χ2v) is 5.72.